The van der Waals surface area contributed by atoms with Gasteiger partial charge in [0.1, 0.15) is 0 Å². The van der Waals surface area contributed by atoms with Crippen LogP contribution in [0.1, 0.15) is 57.8 Å². The molecule has 0 saturated heterocycles. The highest BCUT2D eigenvalue weighted by Crippen LogP contribution is 2.55. The molecule has 13 heavy (non-hydrogen) atoms. The molecule has 1 heteroatoms. The first kappa shape index (κ1) is 8.28. The maximum Gasteiger partial charge on any atom is 0.00802 e. The zero-order valence-corrected chi connectivity index (χ0v) is 8.52. The lowest BCUT2D eigenvalue weighted by atomic mass is 9.54. The molecule has 0 aromatic heterocycles. The van der Waals surface area contributed by atoms with Gasteiger partial charge in [0.25, 0.3) is 0 Å². The Morgan fingerprint density at radius 2 is 1.54 bits per heavy atom. The Hall–Kier alpha value is -0.0400. The van der Waals surface area contributed by atoms with Gasteiger partial charge in [-0.25, -0.2) is 0 Å². The molecule has 0 radical (unpaired) electrons. The lowest BCUT2D eigenvalue weighted by Gasteiger charge is -2.55. The van der Waals surface area contributed by atoms with Gasteiger partial charge in [-0.1, -0.05) is 19.3 Å². The van der Waals surface area contributed by atoms with Crippen LogP contribution in [0, 0.1) is 5.41 Å². The van der Waals surface area contributed by atoms with E-state index in [1.165, 1.54) is 57.8 Å². The minimum absolute atomic E-state index is 0.857. The third-order valence-corrected chi connectivity index (χ3v) is 4.60. The Labute approximate surface area is 81.3 Å². The van der Waals surface area contributed by atoms with Crippen LogP contribution in [0.25, 0.3) is 0 Å². The summed E-state index contributed by atoms with van der Waals surface area (Å²) in [7, 11) is 0. The minimum Gasteiger partial charge on any atom is -0.311 e. The van der Waals surface area contributed by atoms with Gasteiger partial charge in [0.05, 0.1) is 0 Å². The van der Waals surface area contributed by atoms with E-state index in [-0.39, 0.29) is 0 Å². The lowest BCUT2D eigenvalue weighted by molar-refractivity contribution is -0.00585. The summed E-state index contributed by atoms with van der Waals surface area (Å²) in [6.07, 6.45) is 13.4. The second kappa shape index (κ2) is 2.98. The highest BCUT2D eigenvalue weighted by Gasteiger charge is 2.48. The van der Waals surface area contributed by atoms with Gasteiger partial charge in [0.2, 0.25) is 0 Å². The van der Waals surface area contributed by atoms with Crippen LogP contribution in [0.3, 0.4) is 0 Å². The topological polar surface area (TPSA) is 12.0 Å². The van der Waals surface area contributed by atoms with Crippen LogP contribution in [0.5, 0.6) is 0 Å². The van der Waals surface area contributed by atoms with Crippen LogP contribution in [0.2, 0.25) is 0 Å². The summed E-state index contributed by atoms with van der Waals surface area (Å²) in [5.74, 6) is 0. The quantitative estimate of drug-likeness (QED) is 0.687. The molecule has 0 aromatic carbocycles. The summed E-state index contributed by atoms with van der Waals surface area (Å²) in [5.41, 5.74) is 0.857. The molecule has 3 aliphatic rings. The van der Waals surface area contributed by atoms with Crippen molar-refractivity contribution in [2.45, 2.75) is 69.9 Å². The van der Waals surface area contributed by atoms with Crippen LogP contribution in [-0.2, 0) is 0 Å². The van der Waals surface area contributed by atoms with Crippen LogP contribution < -0.4 is 5.32 Å². The first-order valence-corrected chi connectivity index (χ1v) is 6.12. The van der Waals surface area contributed by atoms with Gasteiger partial charge in [0, 0.05) is 12.1 Å². The number of rotatable bonds is 2. The highest BCUT2D eigenvalue weighted by atomic mass is 15.0. The van der Waals surface area contributed by atoms with E-state index in [0.717, 1.165) is 17.5 Å². The number of nitrogens with one attached hydrogen (secondary N) is 1. The normalized spacial score (nSPS) is 33.2. The van der Waals surface area contributed by atoms with Crippen molar-refractivity contribution in [3.05, 3.63) is 0 Å². The molecule has 0 heterocycles. The highest BCUT2D eigenvalue weighted by molar-refractivity contribution is 5.03. The largest absolute Gasteiger partial charge is 0.311 e. The minimum atomic E-state index is 0.857. The van der Waals surface area contributed by atoms with Gasteiger partial charge in [-0.15, -0.1) is 0 Å². The predicted octanol–water partition coefficient (Wildman–Crippen LogP) is 2.85. The van der Waals surface area contributed by atoms with Crippen molar-refractivity contribution in [1.29, 1.82) is 0 Å². The molecule has 3 rings (SSSR count). The molecule has 1 nitrogen and oxygen atoms in total. The predicted molar refractivity (Wildman–Crippen MR) is 54.7 cm³/mol. The molecular weight excluding hydrogens is 158 g/mol. The molecule has 0 bridgehead atoms. The third-order valence-electron chi connectivity index (χ3n) is 4.60. The van der Waals surface area contributed by atoms with E-state index in [1.807, 2.05) is 0 Å². The summed E-state index contributed by atoms with van der Waals surface area (Å²) in [6, 6.07) is 1.80. The molecule has 3 saturated carbocycles. The Morgan fingerprint density at radius 1 is 0.846 bits per heavy atom. The SMILES string of the molecule is C1CCC(NC2CC3(CCC3)C2)C1. The molecule has 0 amide bonds. The Morgan fingerprint density at radius 3 is 2.08 bits per heavy atom. The molecule has 1 spiro atoms. The molecule has 0 unspecified atom stereocenters. The standard InChI is InChI=1S/C12H21N/c1-2-5-10(4-1)13-11-8-12(9-11)6-3-7-12/h10-11,13H,1-9H2. The second-order valence-electron chi connectivity index (χ2n) is 5.61. The fraction of sp³-hybridized carbons (Fsp3) is 1.00. The summed E-state index contributed by atoms with van der Waals surface area (Å²) in [5, 5.41) is 3.84. The van der Waals surface area contributed by atoms with Crippen molar-refractivity contribution >= 4 is 0 Å². The van der Waals surface area contributed by atoms with E-state index in [2.05, 4.69) is 5.32 Å². The van der Waals surface area contributed by atoms with Crippen LogP contribution in [-0.4, -0.2) is 12.1 Å². The van der Waals surface area contributed by atoms with Crippen molar-refractivity contribution in [2.75, 3.05) is 0 Å². The van der Waals surface area contributed by atoms with Crippen molar-refractivity contribution < 1.29 is 0 Å². The van der Waals surface area contributed by atoms with E-state index in [1.54, 1.807) is 0 Å². The summed E-state index contributed by atoms with van der Waals surface area (Å²) in [4.78, 5) is 0. The second-order valence-corrected chi connectivity index (χ2v) is 5.61. The average molecular weight is 179 g/mol. The molecule has 0 aliphatic heterocycles. The smallest absolute Gasteiger partial charge is 0.00802 e. The van der Waals surface area contributed by atoms with Gasteiger partial charge < -0.3 is 5.32 Å². The average Bonchev–Trinajstić information content (AvgIpc) is 2.43. The van der Waals surface area contributed by atoms with Crippen molar-refractivity contribution in [1.82, 2.24) is 5.32 Å². The van der Waals surface area contributed by atoms with Gasteiger partial charge in [-0.3, -0.25) is 0 Å². The van der Waals surface area contributed by atoms with E-state index in [4.69, 9.17) is 0 Å². The molecule has 74 valence electrons. The maximum absolute atomic E-state index is 3.84. The first-order chi connectivity index (χ1) is 6.36. The Bertz CT molecular complexity index is 181. The third kappa shape index (κ3) is 1.41. The summed E-state index contributed by atoms with van der Waals surface area (Å²) in [6.45, 7) is 0. The lowest BCUT2D eigenvalue weighted by Crippen LogP contribution is -2.54. The van der Waals surface area contributed by atoms with Crippen molar-refractivity contribution in [3.63, 3.8) is 0 Å². The van der Waals surface area contributed by atoms with E-state index in [9.17, 15) is 0 Å². The zero-order valence-electron chi connectivity index (χ0n) is 8.52. The fourth-order valence-corrected chi connectivity index (χ4v) is 3.61. The van der Waals surface area contributed by atoms with Crippen molar-refractivity contribution in [2.24, 2.45) is 5.41 Å². The summed E-state index contributed by atoms with van der Waals surface area (Å²) < 4.78 is 0. The molecule has 3 aliphatic carbocycles. The molecule has 3 fully saturated rings. The molecular formula is C12H21N. The van der Waals surface area contributed by atoms with E-state index in [0.29, 0.717) is 0 Å². The zero-order chi connectivity index (χ0) is 8.73. The van der Waals surface area contributed by atoms with Gasteiger partial charge in [0.15, 0.2) is 0 Å². The van der Waals surface area contributed by atoms with Gasteiger partial charge in [-0.2, -0.15) is 0 Å². The maximum atomic E-state index is 3.84. The fourth-order valence-electron chi connectivity index (χ4n) is 3.61. The van der Waals surface area contributed by atoms with Gasteiger partial charge >= 0.3 is 0 Å². The van der Waals surface area contributed by atoms with E-state index < -0.39 is 0 Å². The van der Waals surface area contributed by atoms with Gasteiger partial charge in [-0.05, 0) is 43.9 Å². The number of hydrogen-bond donors (Lipinski definition) is 1. The van der Waals surface area contributed by atoms with Crippen LogP contribution >= 0.6 is 0 Å². The Kier molecular flexibility index (Phi) is 1.90. The Balaban J connectivity index is 1.43. The first-order valence-electron chi connectivity index (χ1n) is 6.12. The summed E-state index contributed by atoms with van der Waals surface area (Å²) >= 11 is 0. The molecule has 0 aromatic rings. The van der Waals surface area contributed by atoms with Crippen molar-refractivity contribution in [3.8, 4) is 0 Å². The van der Waals surface area contributed by atoms with Crippen LogP contribution in [0.15, 0.2) is 0 Å². The molecule has 0 atom stereocenters. The monoisotopic (exact) mass is 179 g/mol. The van der Waals surface area contributed by atoms with Crippen LogP contribution in [0.4, 0.5) is 0 Å². The van der Waals surface area contributed by atoms with E-state index >= 15 is 0 Å². The number of hydrogen-bond acceptors (Lipinski definition) is 1. The molecule has 1 N–H and O–H groups in total.